The number of rotatable bonds is 7. The minimum Gasteiger partial charge on any atom is -0.373 e. The first-order valence-electron chi connectivity index (χ1n) is 12.2. The van der Waals surface area contributed by atoms with Gasteiger partial charge in [0.1, 0.15) is 23.0 Å². The van der Waals surface area contributed by atoms with Crippen LogP contribution in [0.4, 0.5) is 11.6 Å². The van der Waals surface area contributed by atoms with Crippen molar-refractivity contribution in [3.8, 4) is 11.1 Å². The Morgan fingerprint density at radius 1 is 1.05 bits per heavy atom. The van der Waals surface area contributed by atoms with E-state index in [1.165, 1.54) is 0 Å². The molecule has 0 bridgehead atoms. The molecule has 2 amide bonds. The van der Waals surface area contributed by atoms with Gasteiger partial charge in [-0.05, 0) is 31.0 Å². The highest BCUT2D eigenvalue weighted by molar-refractivity contribution is 6.05. The topological polar surface area (TPSA) is 129 Å². The Kier molecular flexibility index (Phi) is 6.63. The molecule has 37 heavy (non-hydrogen) atoms. The Balaban J connectivity index is 1.47. The lowest BCUT2D eigenvalue weighted by molar-refractivity contribution is -0.115. The predicted octanol–water partition coefficient (Wildman–Crippen LogP) is 4.10. The Labute approximate surface area is 214 Å². The number of nitrogens with one attached hydrogen (secondary N) is 3. The maximum absolute atomic E-state index is 13.1. The van der Waals surface area contributed by atoms with Crippen LogP contribution in [0, 0.1) is 0 Å². The summed E-state index contributed by atoms with van der Waals surface area (Å²) in [5.74, 6) is 1.52. The molecule has 5 rings (SSSR count). The molecule has 1 aliphatic heterocycles. The SMILES string of the molecule is C=C(c1nc2c(C(=O)N3CCCC3)cncc2[nH]1)c1cc(-c2ccc(NC(=O)CC)nc2)cnc1NC. The average Bonchev–Trinajstić information content (AvgIpc) is 3.63. The summed E-state index contributed by atoms with van der Waals surface area (Å²) in [4.78, 5) is 47.8. The van der Waals surface area contributed by atoms with E-state index in [1.807, 2.05) is 17.0 Å². The standard InChI is InChI=1S/C27H28N8O2/c1-4-23(36)33-22-8-7-17(12-30-22)18-11-19(26(28-3)31-13-18)16(2)25-32-21-15-29-14-20(24(21)34-25)27(37)35-9-5-6-10-35/h7-8,11-15H,2,4-6,9-10H2,1,3H3,(H,28,31)(H,32,34)(H,30,33,36). The van der Waals surface area contributed by atoms with E-state index >= 15 is 0 Å². The Bertz CT molecular complexity index is 1490. The first-order valence-corrected chi connectivity index (χ1v) is 12.2. The lowest BCUT2D eigenvalue weighted by Gasteiger charge is -2.14. The van der Waals surface area contributed by atoms with Crippen molar-refractivity contribution in [2.24, 2.45) is 0 Å². The molecule has 1 fully saturated rings. The minimum absolute atomic E-state index is 0.0510. The van der Waals surface area contributed by atoms with Crippen LogP contribution in [0.5, 0.6) is 0 Å². The molecule has 5 heterocycles. The van der Waals surface area contributed by atoms with Crippen molar-refractivity contribution in [1.82, 2.24) is 29.8 Å². The van der Waals surface area contributed by atoms with Gasteiger partial charge in [-0.15, -0.1) is 0 Å². The maximum Gasteiger partial charge on any atom is 0.257 e. The largest absolute Gasteiger partial charge is 0.373 e. The molecule has 1 aliphatic rings. The maximum atomic E-state index is 13.1. The number of fused-ring (bicyclic) bond motifs is 1. The number of amides is 2. The molecule has 0 radical (unpaired) electrons. The number of pyridine rings is 3. The van der Waals surface area contributed by atoms with Gasteiger partial charge in [-0.25, -0.2) is 15.0 Å². The number of imidazole rings is 1. The van der Waals surface area contributed by atoms with Crippen LogP contribution in [-0.2, 0) is 4.79 Å². The predicted molar refractivity (Wildman–Crippen MR) is 143 cm³/mol. The van der Waals surface area contributed by atoms with Gasteiger partial charge in [0.05, 0.1) is 17.3 Å². The molecule has 1 saturated heterocycles. The van der Waals surface area contributed by atoms with Crippen molar-refractivity contribution in [1.29, 1.82) is 0 Å². The molecular formula is C27H28N8O2. The third kappa shape index (κ3) is 4.77. The van der Waals surface area contributed by atoms with Crippen LogP contribution in [-0.4, -0.2) is 61.8 Å². The van der Waals surface area contributed by atoms with E-state index in [0.717, 1.165) is 42.6 Å². The molecule has 10 nitrogen and oxygen atoms in total. The first kappa shape index (κ1) is 24.1. The zero-order valence-corrected chi connectivity index (χ0v) is 20.8. The second-order valence-electron chi connectivity index (χ2n) is 8.85. The number of likely N-dealkylation sites (tertiary alicyclic amines) is 1. The van der Waals surface area contributed by atoms with Gasteiger partial charge >= 0.3 is 0 Å². The monoisotopic (exact) mass is 496 g/mol. The summed E-state index contributed by atoms with van der Waals surface area (Å²) in [7, 11) is 1.79. The Morgan fingerprint density at radius 2 is 1.84 bits per heavy atom. The highest BCUT2D eigenvalue weighted by Crippen LogP contribution is 2.31. The fourth-order valence-electron chi connectivity index (χ4n) is 4.37. The number of hydrogen-bond acceptors (Lipinski definition) is 7. The number of H-pyrrole nitrogens is 1. The summed E-state index contributed by atoms with van der Waals surface area (Å²) in [6.07, 6.45) is 9.10. The second-order valence-corrected chi connectivity index (χ2v) is 8.85. The normalized spacial score (nSPS) is 13.1. The van der Waals surface area contributed by atoms with Gasteiger partial charge in [-0.2, -0.15) is 0 Å². The molecule has 3 N–H and O–H groups in total. The summed E-state index contributed by atoms with van der Waals surface area (Å²) in [5, 5.41) is 5.86. The molecular weight excluding hydrogens is 468 g/mol. The van der Waals surface area contributed by atoms with E-state index in [2.05, 4.69) is 37.1 Å². The zero-order valence-electron chi connectivity index (χ0n) is 20.8. The van der Waals surface area contributed by atoms with Crippen molar-refractivity contribution in [2.45, 2.75) is 26.2 Å². The molecule has 0 saturated carbocycles. The molecule has 10 heteroatoms. The van der Waals surface area contributed by atoms with E-state index in [-0.39, 0.29) is 11.8 Å². The average molecular weight is 497 g/mol. The minimum atomic E-state index is -0.0924. The zero-order chi connectivity index (χ0) is 25.9. The highest BCUT2D eigenvalue weighted by atomic mass is 16.2. The van der Waals surface area contributed by atoms with Crippen LogP contribution in [0.3, 0.4) is 0 Å². The van der Waals surface area contributed by atoms with E-state index in [0.29, 0.717) is 46.1 Å². The number of aromatic nitrogens is 5. The van der Waals surface area contributed by atoms with Crippen LogP contribution in [0.1, 0.15) is 47.9 Å². The molecule has 0 aromatic carbocycles. The van der Waals surface area contributed by atoms with Gasteiger partial charge in [0, 0.05) is 67.4 Å². The molecule has 0 spiro atoms. The summed E-state index contributed by atoms with van der Waals surface area (Å²) in [5.41, 5.74) is 4.77. The molecule has 0 unspecified atom stereocenters. The van der Waals surface area contributed by atoms with E-state index in [1.54, 1.807) is 44.8 Å². The third-order valence-corrected chi connectivity index (χ3v) is 6.44. The van der Waals surface area contributed by atoms with Crippen LogP contribution in [0.25, 0.3) is 27.7 Å². The lowest BCUT2D eigenvalue weighted by Crippen LogP contribution is -2.27. The van der Waals surface area contributed by atoms with Crippen LogP contribution >= 0.6 is 0 Å². The fourth-order valence-corrected chi connectivity index (χ4v) is 4.37. The van der Waals surface area contributed by atoms with Crippen molar-refractivity contribution in [2.75, 3.05) is 30.8 Å². The molecule has 0 atom stereocenters. The van der Waals surface area contributed by atoms with E-state index < -0.39 is 0 Å². The van der Waals surface area contributed by atoms with E-state index in [9.17, 15) is 9.59 Å². The van der Waals surface area contributed by atoms with Gasteiger partial charge < -0.3 is 20.5 Å². The number of hydrogen-bond donors (Lipinski definition) is 3. The first-order chi connectivity index (χ1) is 18.0. The third-order valence-electron chi connectivity index (χ3n) is 6.44. The molecule has 4 aromatic rings. The smallest absolute Gasteiger partial charge is 0.257 e. The van der Waals surface area contributed by atoms with Gasteiger partial charge in [0.15, 0.2) is 0 Å². The Hall–Kier alpha value is -4.60. The number of anilines is 2. The fraction of sp³-hybridized carbons (Fsp3) is 0.259. The van der Waals surface area contributed by atoms with Crippen LogP contribution in [0.15, 0.2) is 49.6 Å². The number of carbonyl (C=O) groups excluding carboxylic acids is 2. The number of aromatic amines is 1. The van der Waals surface area contributed by atoms with Crippen molar-refractivity contribution in [3.05, 3.63) is 66.5 Å². The summed E-state index contributed by atoms with van der Waals surface area (Å²) >= 11 is 0. The molecule has 0 aliphatic carbocycles. The van der Waals surface area contributed by atoms with Crippen molar-refractivity contribution in [3.63, 3.8) is 0 Å². The lowest BCUT2D eigenvalue weighted by atomic mass is 10.0. The Morgan fingerprint density at radius 3 is 2.54 bits per heavy atom. The molecule has 4 aromatic heterocycles. The highest BCUT2D eigenvalue weighted by Gasteiger charge is 2.24. The van der Waals surface area contributed by atoms with Crippen LogP contribution in [0.2, 0.25) is 0 Å². The van der Waals surface area contributed by atoms with Gasteiger partial charge in [-0.1, -0.05) is 13.5 Å². The molecule has 188 valence electrons. The number of carbonyl (C=O) groups is 2. The summed E-state index contributed by atoms with van der Waals surface area (Å²) in [6.45, 7) is 7.59. The van der Waals surface area contributed by atoms with E-state index in [4.69, 9.17) is 4.98 Å². The quantitative estimate of drug-likeness (QED) is 0.351. The van der Waals surface area contributed by atoms with Crippen molar-refractivity contribution >= 4 is 40.1 Å². The summed E-state index contributed by atoms with van der Waals surface area (Å²) < 4.78 is 0. The second kappa shape index (κ2) is 10.2. The van der Waals surface area contributed by atoms with Gasteiger partial charge in [0.2, 0.25) is 5.91 Å². The summed E-state index contributed by atoms with van der Waals surface area (Å²) in [6, 6.07) is 5.60. The number of nitrogens with zero attached hydrogens (tertiary/aromatic N) is 5. The van der Waals surface area contributed by atoms with Crippen molar-refractivity contribution < 1.29 is 9.59 Å². The van der Waals surface area contributed by atoms with Gasteiger partial charge in [-0.3, -0.25) is 14.6 Å². The van der Waals surface area contributed by atoms with Gasteiger partial charge in [0.25, 0.3) is 5.91 Å². The van der Waals surface area contributed by atoms with Crippen LogP contribution < -0.4 is 10.6 Å².